The molecule has 40 heavy (non-hydrogen) atoms. The van der Waals surface area contributed by atoms with E-state index >= 15 is 0 Å². The highest BCUT2D eigenvalue weighted by atomic mass is 16.1. The molecule has 0 fully saturated rings. The summed E-state index contributed by atoms with van der Waals surface area (Å²) in [7, 11) is 0. The molecular weight excluding hydrogens is 500 g/mol. The van der Waals surface area contributed by atoms with E-state index in [1.54, 1.807) is 0 Å². The number of para-hydroxylation sites is 1. The molecule has 1 aliphatic heterocycles. The second-order valence-corrected chi connectivity index (χ2v) is 9.90. The topological polar surface area (TPSA) is 124 Å². The van der Waals surface area contributed by atoms with Crippen LogP contribution in [0.1, 0.15) is 41.2 Å². The van der Waals surface area contributed by atoms with Gasteiger partial charge in [-0.2, -0.15) is 0 Å². The van der Waals surface area contributed by atoms with E-state index in [9.17, 15) is 4.79 Å². The van der Waals surface area contributed by atoms with Gasteiger partial charge in [-0.05, 0) is 74.4 Å². The van der Waals surface area contributed by atoms with Gasteiger partial charge in [-0.3, -0.25) is 4.79 Å². The third-order valence-electron chi connectivity index (χ3n) is 7.09. The van der Waals surface area contributed by atoms with Crippen molar-refractivity contribution in [3.63, 3.8) is 0 Å². The van der Waals surface area contributed by atoms with Gasteiger partial charge in [0.1, 0.15) is 11.6 Å². The van der Waals surface area contributed by atoms with Gasteiger partial charge in [0.05, 0.1) is 11.6 Å². The lowest BCUT2D eigenvalue weighted by Gasteiger charge is -2.30. The minimum atomic E-state index is -0.287. The van der Waals surface area contributed by atoms with Crippen LogP contribution in [0.3, 0.4) is 0 Å². The molecule has 0 aliphatic carbocycles. The van der Waals surface area contributed by atoms with Crippen LogP contribution in [0.4, 0.5) is 17.2 Å². The van der Waals surface area contributed by atoms with E-state index < -0.39 is 0 Å². The summed E-state index contributed by atoms with van der Waals surface area (Å²) >= 11 is 0. The molecule has 2 aromatic carbocycles. The Kier molecular flexibility index (Phi) is 7.72. The van der Waals surface area contributed by atoms with Crippen molar-refractivity contribution in [3.05, 3.63) is 89.4 Å². The summed E-state index contributed by atoms with van der Waals surface area (Å²) in [5, 5.41) is 9.98. The molecule has 0 radical (unpaired) electrons. The summed E-state index contributed by atoms with van der Waals surface area (Å²) in [6, 6.07) is 17.5. The number of hydrogen-bond donors (Lipinski definition) is 5. The van der Waals surface area contributed by atoms with Gasteiger partial charge in [-0.1, -0.05) is 24.8 Å². The first-order chi connectivity index (χ1) is 19.4. The molecule has 1 aliphatic rings. The van der Waals surface area contributed by atoms with Crippen LogP contribution in [0.2, 0.25) is 0 Å². The molecule has 0 saturated carbocycles. The number of likely N-dealkylation sites (N-methyl/N-ethyl adjacent to an activating group) is 2. The third kappa shape index (κ3) is 5.63. The van der Waals surface area contributed by atoms with Crippen molar-refractivity contribution in [2.45, 2.75) is 26.8 Å². The highest BCUT2D eigenvalue weighted by Crippen LogP contribution is 2.32. The molecule has 9 heteroatoms. The molecule has 9 nitrogen and oxygen atoms in total. The Labute approximate surface area is 234 Å². The lowest BCUT2D eigenvalue weighted by Crippen LogP contribution is -2.47. The van der Waals surface area contributed by atoms with E-state index in [1.807, 2.05) is 56.3 Å². The van der Waals surface area contributed by atoms with Crippen LogP contribution in [0.15, 0.2) is 66.9 Å². The van der Waals surface area contributed by atoms with E-state index in [-0.39, 0.29) is 11.9 Å². The largest absolute Gasteiger partial charge is 0.387 e. The lowest BCUT2D eigenvalue weighted by molar-refractivity contribution is 0.0942. The smallest absolute Gasteiger partial charge is 0.251 e. The fraction of sp³-hybridized carbons (Fsp3) is 0.258. The van der Waals surface area contributed by atoms with E-state index in [0.29, 0.717) is 30.1 Å². The normalized spacial score (nSPS) is 13.1. The molecule has 1 atom stereocenters. The van der Waals surface area contributed by atoms with Crippen LogP contribution >= 0.6 is 0 Å². The van der Waals surface area contributed by atoms with E-state index in [4.69, 9.17) is 5.73 Å². The quantitative estimate of drug-likeness (QED) is 0.201. The molecular formula is C31H36N8O. The zero-order valence-corrected chi connectivity index (χ0v) is 23.2. The number of H-pyrrole nitrogens is 1. The lowest BCUT2D eigenvalue weighted by atomic mass is 9.96. The number of benzene rings is 2. The number of amides is 1. The van der Waals surface area contributed by atoms with Gasteiger partial charge in [0.25, 0.3) is 5.91 Å². The number of pyridine rings is 1. The van der Waals surface area contributed by atoms with Crippen molar-refractivity contribution in [2.24, 2.45) is 0 Å². The average molecular weight is 537 g/mol. The third-order valence-corrected chi connectivity index (χ3v) is 7.09. The molecule has 0 bridgehead atoms. The summed E-state index contributed by atoms with van der Waals surface area (Å²) in [6.45, 7) is 13.0. The number of aryl methyl sites for hydroxylation is 1. The van der Waals surface area contributed by atoms with Crippen LogP contribution < -0.4 is 26.6 Å². The molecule has 0 spiro atoms. The van der Waals surface area contributed by atoms with Gasteiger partial charge in [-0.25, -0.2) is 9.97 Å². The number of anilines is 3. The standard InChI is InChI=1S/C31H36N8O/c1-5-33-19(3)27(18-39(6-2)24-10-8-7-9-11-24)37-31(40)21-12-13-26-22(14-21)15-23(17-34-26)25-16-28(32)38-30-29(25)35-20(4)36-30/h7-16,27,33-34H,3,5-6,17-18H2,1-2,4H3,(H,37,40)(H3,32,35,36,38). The van der Waals surface area contributed by atoms with Crippen molar-refractivity contribution in [3.8, 4) is 0 Å². The summed E-state index contributed by atoms with van der Waals surface area (Å²) in [6.07, 6.45) is 2.09. The number of rotatable bonds is 10. The Balaban J connectivity index is 1.41. The Bertz CT molecular complexity index is 1570. The number of aromatic amines is 1. The van der Waals surface area contributed by atoms with E-state index in [2.05, 4.69) is 67.5 Å². The van der Waals surface area contributed by atoms with Crippen molar-refractivity contribution in [1.82, 2.24) is 25.6 Å². The molecule has 4 aromatic rings. The minimum Gasteiger partial charge on any atom is -0.387 e. The molecule has 206 valence electrons. The second kappa shape index (κ2) is 11.5. The number of hydrogen-bond acceptors (Lipinski definition) is 7. The van der Waals surface area contributed by atoms with Gasteiger partial charge >= 0.3 is 0 Å². The Morgan fingerprint density at radius 2 is 1.95 bits per heavy atom. The van der Waals surface area contributed by atoms with Gasteiger partial charge in [0.2, 0.25) is 0 Å². The van der Waals surface area contributed by atoms with E-state index in [0.717, 1.165) is 58.2 Å². The monoisotopic (exact) mass is 536 g/mol. The molecule has 6 N–H and O–H groups in total. The van der Waals surface area contributed by atoms with Gasteiger partial charge in [0.15, 0.2) is 5.65 Å². The number of nitrogen functional groups attached to an aromatic ring is 1. The molecule has 2 aromatic heterocycles. The highest BCUT2D eigenvalue weighted by Gasteiger charge is 2.22. The van der Waals surface area contributed by atoms with Gasteiger partial charge < -0.3 is 31.6 Å². The maximum atomic E-state index is 13.6. The SMILES string of the molecule is C=C(NCC)C(CN(CC)c1ccccc1)NC(=O)c1ccc2c(c1)C=C(c1cc(N)nc3nc(C)[nH]c13)CN2. The number of carbonyl (C=O) groups is 1. The fourth-order valence-electron chi connectivity index (χ4n) is 5.07. The minimum absolute atomic E-state index is 0.156. The first-order valence-electron chi connectivity index (χ1n) is 13.6. The van der Waals surface area contributed by atoms with Crippen molar-refractivity contribution >= 4 is 45.9 Å². The molecule has 5 rings (SSSR count). The number of nitrogens with one attached hydrogen (secondary N) is 4. The van der Waals surface area contributed by atoms with Crippen LogP contribution in [-0.4, -0.2) is 53.1 Å². The Morgan fingerprint density at radius 3 is 2.70 bits per heavy atom. The first kappa shape index (κ1) is 26.8. The number of aromatic nitrogens is 3. The predicted octanol–water partition coefficient (Wildman–Crippen LogP) is 4.56. The Morgan fingerprint density at radius 1 is 1.15 bits per heavy atom. The number of imidazole rings is 1. The van der Waals surface area contributed by atoms with Crippen LogP contribution in [0.25, 0.3) is 22.8 Å². The zero-order valence-electron chi connectivity index (χ0n) is 23.2. The van der Waals surface area contributed by atoms with Crippen LogP contribution in [0, 0.1) is 6.92 Å². The summed E-state index contributed by atoms with van der Waals surface area (Å²) < 4.78 is 0. The maximum absolute atomic E-state index is 13.6. The molecule has 0 saturated heterocycles. The summed E-state index contributed by atoms with van der Waals surface area (Å²) in [5.74, 6) is 1.04. The first-order valence-corrected chi connectivity index (χ1v) is 13.6. The number of fused-ring (bicyclic) bond motifs is 2. The summed E-state index contributed by atoms with van der Waals surface area (Å²) in [5.41, 5.74) is 13.9. The molecule has 1 unspecified atom stereocenters. The van der Waals surface area contributed by atoms with E-state index in [1.165, 1.54) is 0 Å². The zero-order chi connectivity index (χ0) is 28.2. The van der Waals surface area contributed by atoms with Crippen molar-refractivity contribution in [2.75, 3.05) is 42.1 Å². The predicted molar refractivity (Wildman–Crippen MR) is 164 cm³/mol. The molecule has 1 amide bonds. The number of nitrogens with zero attached hydrogens (tertiary/aromatic N) is 3. The molecule has 3 heterocycles. The highest BCUT2D eigenvalue weighted by molar-refractivity contribution is 6.01. The maximum Gasteiger partial charge on any atom is 0.251 e. The van der Waals surface area contributed by atoms with Crippen molar-refractivity contribution in [1.29, 1.82) is 0 Å². The fourth-order valence-corrected chi connectivity index (χ4v) is 5.07. The average Bonchev–Trinajstić information content (AvgIpc) is 3.34. The van der Waals surface area contributed by atoms with Gasteiger partial charge in [-0.15, -0.1) is 0 Å². The summed E-state index contributed by atoms with van der Waals surface area (Å²) in [4.78, 5) is 27.9. The number of nitrogens with two attached hydrogens (primary N) is 1. The van der Waals surface area contributed by atoms with Crippen LogP contribution in [-0.2, 0) is 0 Å². The van der Waals surface area contributed by atoms with Gasteiger partial charge in [0, 0.05) is 54.4 Å². The number of carbonyl (C=O) groups excluding carboxylic acids is 1. The Hall–Kier alpha value is -4.79. The van der Waals surface area contributed by atoms with Crippen LogP contribution in [0.5, 0.6) is 0 Å². The van der Waals surface area contributed by atoms with Crippen molar-refractivity contribution < 1.29 is 4.79 Å². The second-order valence-electron chi connectivity index (χ2n) is 9.90.